The van der Waals surface area contributed by atoms with Gasteiger partial charge in [0.1, 0.15) is 5.75 Å². The van der Waals surface area contributed by atoms with Gasteiger partial charge in [0.2, 0.25) is 6.29 Å². The van der Waals surface area contributed by atoms with Crippen LogP contribution in [0.2, 0.25) is 0 Å². The van der Waals surface area contributed by atoms with Crippen molar-refractivity contribution in [3.05, 3.63) is 35.4 Å². The third kappa shape index (κ3) is 2.09. The average molecular weight is 279 g/mol. The van der Waals surface area contributed by atoms with Gasteiger partial charge in [-0.25, -0.2) is 0 Å². The van der Waals surface area contributed by atoms with Crippen molar-refractivity contribution >= 4 is 22.4 Å². The third-order valence-electron chi connectivity index (χ3n) is 2.35. The van der Waals surface area contributed by atoms with Gasteiger partial charge in [0, 0.05) is 5.56 Å². The molecule has 2 rings (SSSR count). The fourth-order valence-corrected chi connectivity index (χ4v) is 1.88. The largest absolute Gasteiger partial charge is 0.460 e. The number of rotatable bonds is 1. The fraction of sp³-hybridized carbons (Fsp3) is 0.182. The predicted molar refractivity (Wildman–Crippen MR) is 56.9 cm³/mol. The van der Waals surface area contributed by atoms with E-state index in [1.165, 1.54) is 18.2 Å². The van der Waals surface area contributed by atoms with Crippen LogP contribution >= 0.6 is 11.6 Å². The molecular weight excluding hydrogens is 273 g/mol. The molecule has 0 fully saturated rings. The summed E-state index contributed by atoms with van der Waals surface area (Å²) in [5, 5.41) is 8.98. The second-order valence-corrected chi connectivity index (χ2v) is 3.90. The van der Waals surface area contributed by atoms with Crippen LogP contribution in [0.15, 0.2) is 29.8 Å². The lowest BCUT2D eigenvalue weighted by atomic mass is 10.0. The predicted octanol–water partition coefficient (Wildman–Crippen LogP) is 2.48. The highest BCUT2D eigenvalue weighted by Gasteiger charge is 2.46. The Labute approximate surface area is 104 Å². The molecule has 0 radical (unpaired) electrons. The molecular formula is C11H6ClF3O3. The Hall–Kier alpha value is -1.53. The summed E-state index contributed by atoms with van der Waals surface area (Å²) in [6.45, 7) is 0. The Morgan fingerprint density at radius 3 is 2.56 bits per heavy atom. The fourth-order valence-electron chi connectivity index (χ4n) is 1.55. The first kappa shape index (κ1) is 12.9. The van der Waals surface area contributed by atoms with Crippen molar-refractivity contribution in [2.45, 2.75) is 12.5 Å². The highest BCUT2D eigenvalue weighted by Crippen LogP contribution is 2.39. The summed E-state index contributed by atoms with van der Waals surface area (Å²) in [6.07, 6.45) is -7.15. The summed E-state index contributed by atoms with van der Waals surface area (Å²) in [5.41, 5.74) is -0.861. The Morgan fingerprint density at radius 1 is 1.33 bits per heavy atom. The molecule has 3 nitrogen and oxygen atoms in total. The van der Waals surface area contributed by atoms with Crippen molar-refractivity contribution in [2.24, 2.45) is 0 Å². The van der Waals surface area contributed by atoms with E-state index < -0.39 is 28.9 Å². The molecule has 1 unspecified atom stereocenters. The molecule has 0 spiro atoms. The summed E-state index contributed by atoms with van der Waals surface area (Å²) in [4.78, 5) is 11.1. The van der Waals surface area contributed by atoms with Crippen LogP contribution < -0.4 is 4.74 Å². The average Bonchev–Trinajstić information content (AvgIpc) is 2.27. The molecule has 1 N–H and O–H groups in total. The summed E-state index contributed by atoms with van der Waals surface area (Å²) >= 11 is 5.73. The zero-order valence-electron chi connectivity index (χ0n) is 8.66. The molecule has 1 aromatic carbocycles. The van der Waals surface area contributed by atoms with Crippen LogP contribution in [0.5, 0.6) is 5.75 Å². The van der Waals surface area contributed by atoms with Crippen LogP contribution in [0.3, 0.4) is 0 Å². The van der Waals surface area contributed by atoms with Crippen molar-refractivity contribution in [2.75, 3.05) is 0 Å². The summed E-state index contributed by atoms with van der Waals surface area (Å²) < 4.78 is 41.9. The van der Waals surface area contributed by atoms with Gasteiger partial charge in [0.15, 0.2) is 0 Å². The minimum Gasteiger partial charge on any atom is -0.460 e. The van der Waals surface area contributed by atoms with Crippen LogP contribution in [-0.4, -0.2) is 23.4 Å². The number of benzene rings is 1. The SMILES string of the molecule is O=C(C1=C(Cl)c2ccccc2OC1O)C(F)(F)F. The Balaban J connectivity index is 2.56. The molecule has 1 aromatic rings. The molecule has 18 heavy (non-hydrogen) atoms. The second kappa shape index (κ2) is 4.29. The lowest BCUT2D eigenvalue weighted by Crippen LogP contribution is -2.35. The number of halogens is 4. The van der Waals surface area contributed by atoms with Crippen molar-refractivity contribution in [3.8, 4) is 5.75 Å². The first-order chi connectivity index (χ1) is 8.32. The van der Waals surface area contributed by atoms with Gasteiger partial charge in [-0.3, -0.25) is 4.79 Å². The lowest BCUT2D eigenvalue weighted by molar-refractivity contribution is -0.169. The van der Waals surface area contributed by atoms with Gasteiger partial charge in [0.25, 0.3) is 5.78 Å². The van der Waals surface area contributed by atoms with Gasteiger partial charge in [0.05, 0.1) is 10.6 Å². The number of hydrogen-bond donors (Lipinski definition) is 1. The van der Waals surface area contributed by atoms with Crippen molar-refractivity contribution in [1.82, 2.24) is 0 Å². The highest BCUT2D eigenvalue weighted by atomic mass is 35.5. The molecule has 0 bridgehead atoms. The monoisotopic (exact) mass is 278 g/mol. The highest BCUT2D eigenvalue weighted by molar-refractivity contribution is 6.51. The van der Waals surface area contributed by atoms with E-state index in [9.17, 15) is 23.1 Å². The van der Waals surface area contributed by atoms with Crippen molar-refractivity contribution in [1.29, 1.82) is 0 Å². The maximum atomic E-state index is 12.3. The molecule has 0 amide bonds. The summed E-state index contributed by atoms with van der Waals surface area (Å²) in [6, 6.07) is 5.91. The number of aliphatic hydroxyl groups is 1. The van der Waals surface area contributed by atoms with Gasteiger partial charge in [-0.1, -0.05) is 23.7 Å². The van der Waals surface area contributed by atoms with E-state index in [1.807, 2.05) is 0 Å². The van der Waals surface area contributed by atoms with Gasteiger partial charge >= 0.3 is 6.18 Å². The number of ether oxygens (including phenoxy) is 1. The zero-order valence-corrected chi connectivity index (χ0v) is 9.42. The number of fused-ring (bicyclic) bond motifs is 1. The second-order valence-electron chi connectivity index (χ2n) is 3.52. The van der Waals surface area contributed by atoms with Gasteiger partial charge in [-0.15, -0.1) is 0 Å². The first-order valence-electron chi connectivity index (χ1n) is 4.77. The Kier molecular flexibility index (Phi) is 3.08. The normalized spacial score (nSPS) is 19.3. The van der Waals surface area contributed by atoms with Crippen molar-refractivity contribution in [3.63, 3.8) is 0 Å². The van der Waals surface area contributed by atoms with E-state index >= 15 is 0 Å². The van der Waals surface area contributed by atoms with E-state index in [2.05, 4.69) is 0 Å². The quantitative estimate of drug-likeness (QED) is 0.858. The molecule has 0 saturated carbocycles. The van der Waals surface area contributed by atoms with Gasteiger partial charge < -0.3 is 9.84 Å². The van der Waals surface area contributed by atoms with E-state index in [-0.39, 0.29) is 11.3 Å². The molecule has 1 aliphatic rings. The number of Topliss-reactive ketones (excluding diaryl/α,β-unsaturated/α-hetero) is 1. The van der Waals surface area contributed by atoms with Crippen LogP contribution in [0, 0.1) is 0 Å². The number of ketones is 1. The van der Waals surface area contributed by atoms with Gasteiger partial charge in [-0.2, -0.15) is 13.2 Å². The number of carbonyl (C=O) groups excluding carboxylic acids is 1. The maximum absolute atomic E-state index is 12.3. The first-order valence-corrected chi connectivity index (χ1v) is 5.15. The van der Waals surface area contributed by atoms with E-state index in [1.54, 1.807) is 6.07 Å². The zero-order chi connectivity index (χ0) is 13.5. The molecule has 0 aliphatic carbocycles. The molecule has 7 heteroatoms. The van der Waals surface area contributed by atoms with Crippen LogP contribution in [0.25, 0.3) is 5.03 Å². The summed E-state index contributed by atoms with van der Waals surface area (Å²) in [5.74, 6) is -2.09. The van der Waals surface area contributed by atoms with E-state index in [0.29, 0.717) is 0 Å². The Morgan fingerprint density at radius 2 is 1.94 bits per heavy atom. The number of para-hydroxylation sites is 1. The molecule has 1 heterocycles. The topological polar surface area (TPSA) is 46.5 Å². The number of hydrogen-bond acceptors (Lipinski definition) is 3. The molecule has 1 atom stereocenters. The maximum Gasteiger partial charge on any atom is 0.454 e. The van der Waals surface area contributed by atoms with Crippen molar-refractivity contribution < 1.29 is 27.8 Å². The molecule has 96 valence electrons. The van der Waals surface area contributed by atoms with E-state index in [0.717, 1.165) is 0 Å². The molecule has 0 saturated heterocycles. The van der Waals surface area contributed by atoms with Gasteiger partial charge in [-0.05, 0) is 12.1 Å². The minimum atomic E-state index is -5.12. The van der Waals surface area contributed by atoms with E-state index in [4.69, 9.17) is 16.3 Å². The van der Waals surface area contributed by atoms with Crippen LogP contribution in [0.1, 0.15) is 5.56 Å². The number of aliphatic hydroxyl groups excluding tert-OH is 1. The molecule has 0 aromatic heterocycles. The minimum absolute atomic E-state index is 0.119. The Bertz CT molecular complexity index is 537. The third-order valence-corrected chi connectivity index (χ3v) is 2.75. The van der Waals surface area contributed by atoms with Crippen LogP contribution in [0.4, 0.5) is 13.2 Å². The number of alkyl halides is 3. The van der Waals surface area contributed by atoms with Crippen LogP contribution in [-0.2, 0) is 4.79 Å². The summed E-state index contributed by atoms with van der Waals surface area (Å²) in [7, 11) is 0. The standard InChI is InChI=1S/C11H6ClF3O3/c12-8-5-3-1-2-4-6(5)18-10(17)7(8)9(16)11(13,14)15/h1-4,10,17H. The number of carbonyl (C=O) groups is 1. The smallest absolute Gasteiger partial charge is 0.454 e. The lowest BCUT2D eigenvalue weighted by Gasteiger charge is -2.25. The molecule has 1 aliphatic heterocycles.